The number of nitrogens with one attached hydrogen (secondary N) is 1. The van der Waals surface area contributed by atoms with E-state index in [0.29, 0.717) is 24.9 Å². The van der Waals surface area contributed by atoms with Gasteiger partial charge in [-0.2, -0.15) is 0 Å². The first-order chi connectivity index (χ1) is 11.6. The van der Waals surface area contributed by atoms with E-state index in [1.807, 2.05) is 49.4 Å². The highest BCUT2D eigenvalue weighted by Gasteiger charge is 2.24. The fourth-order valence-electron chi connectivity index (χ4n) is 3.06. The van der Waals surface area contributed by atoms with Gasteiger partial charge in [-0.3, -0.25) is 9.59 Å². The molecule has 0 bridgehead atoms. The molecule has 2 aromatic carbocycles. The van der Waals surface area contributed by atoms with E-state index >= 15 is 0 Å². The van der Waals surface area contributed by atoms with Crippen molar-refractivity contribution in [3.8, 4) is 0 Å². The van der Waals surface area contributed by atoms with Crippen molar-refractivity contribution < 1.29 is 9.59 Å². The van der Waals surface area contributed by atoms with E-state index in [4.69, 9.17) is 0 Å². The zero-order valence-corrected chi connectivity index (χ0v) is 13.9. The molecule has 0 aromatic heterocycles. The molecule has 0 spiro atoms. The minimum absolute atomic E-state index is 0.0318. The van der Waals surface area contributed by atoms with Crippen LogP contribution in [0.25, 0.3) is 0 Å². The zero-order valence-electron chi connectivity index (χ0n) is 13.9. The molecular weight excluding hydrogens is 300 g/mol. The highest BCUT2D eigenvalue weighted by molar-refractivity contribution is 6.02. The summed E-state index contributed by atoms with van der Waals surface area (Å²) in [5.41, 5.74) is 3.87. The van der Waals surface area contributed by atoms with E-state index in [1.54, 1.807) is 4.90 Å². The minimum Gasteiger partial charge on any atom is -0.324 e. The lowest BCUT2D eigenvalue weighted by atomic mass is 10.1. The van der Waals surface area contributed by atoms with Crippen molar-refractivity contribution in [1.29, 1.82) is 0 Å². The van der Waals surface area contributed by atoms with Crippen LogP contribution in [0, 0.1) is 6.92 Å². The van der Waals surface area contributed by atoms with Crippen LogP contribution in [0.5, 0.6) is 0 Å². The van der Waals surface area contributed by atoms with Crippen LogP contribution < -0.4 is 10.2 Å². The monoisotopic (exact) mass is 322 g/mol. The summed E-state index contributed by atoms with van der Waals surface area (Å²) in [6.07, 6.45) is 2.58. The van der Waals surface area contributed by atoms with Crippen molar-refractivity contribution >= 4 is 23.2 Å². The molecule has 1 aliphatic heterocycles. The van der Waals surface area contributed by atoms with E-state index < -0.39 is 0 Å². The molecule has 1 heterocycles. The first-order valence-electron chi connectivity index (χ1n) is 8.38. The molecule has 2 aromatic rings. The maximum Gasteiger partial charge on any atom is 0.227 e. The van der Waals surface area contributed by atoms with E-state index in [1.165, 1.54) is 5.56 Å². The summed E-state index contributed by atoms with van der Waals surface area (Å²) in [4.78, 5) is 26.0. The number of nitrogens with zero attached hydrogens (tertiary/aromatic N) is 1. The van der Waals surface area contributed by atoms with Crippen LogP contribution in [0.15, 0.2) is 48.5 Å². The summed E-state index contributed by atoms with van der Waals surface area (Å²) in [6, 6.07) is 15.7. The van der Waals surface area contributed by atoms with Crippen molar-refractivity contribution in [2.45, 2.75) is 32.6 Å². The average molecular weight is 322 g/mol. The van der Waals surface area contributed by atoms with E-state index in [-0.39, 0.29) is 11.8 Å². The summed E-state index contributed by atoms with van der Waals surface area (Å²) in [7, 11) is 0. The van der Waals surface area contributed by atoms with E-state index in [2.05, 4.69) is 11.4 Å². The first kappa shape index (κ1) is 16.2. The Labute approximate surface area is 142 Å². The molecular formula is C20H22N2O2. The third kappa shape index (κ3) is 3.82. The SMILES string of the molecule is Cc1cccc(CCC(=O)Nc2ccccc2N2CCCC2=O)c1. The summed E-state index contributed by atoms with van der Waals surface area (Å²) in [5, 5.41) is 2.96. The number of aryl methyl sites for hydroxylation is 2. The van der Waals surface area contributed by atoms with Crippen molar-refractivity contribution in [1.82, 2.24) is 0 Å². The summed E-state index contributed by atoms with van der Waals surface area (Å²) < 4.78 is 0. The highest BCUT2D eigenvalue weighted by atomic mass is 16.2. The number of carbonyl (C=O) groups excluding carboxylic acids is 2. The first-order valence-corrected chi connectivity index (χ1v) is 8.38. The van der Waals surface area contributed by atoms with Crippen LogP contribution in [0.1, 0.15) is 30.4 Å². The molecule has 1 fully saturated rings. The van der Waals surface area contributed by atoms with Gasteiger partial charge in [-0.1, -0.05) is 42.0 Å². The number of amides is 2. The molecule has 0 aliphatic carbocycles. The molecule has 1 N–H and O–H groups in total. The third-order valence-corrected chi connectivity index (χ3v) is 4.27. The Morgan fingerprint density at radius 3 is 2.75 bits per heavy atom. The Bertz CT molecular complexity index is 755. The van der Waals surface area contributed by atoms with Crippen molar-refractivity contribution in [2.24, 2.45) is 0 Å². The molecule has 1 saturated heterocycles. The maximum absolute atomic E-state index is 12.3. The van der Waals surface area contributed by atoms with Crippen molar-refractivity contribution in [2.75, 3.05) is 16.8 Å². The Balaban J connectivity index is 1.65. The fourth-order valence-corrected chi connectivity index (χ4v) is 3.06. The maximum atomic E-state index is 12.3. The van der Waals surface area contributed by atoms with Crippen LogP contribution in [0.2, 0.25) is 0 Å². The molecule has 0 atom stereocenters. The number of hydrogen-bond donors (Lipinski definition) is 1. The molecule has 4 heteroatoms. The molecule has 4 nitrogen and oxygen atoms in total. The van der Waals surface area contributed by atoms with Crippen LogP contribution in [-0.4, -0.2) is 18.4 Å². The van der Waals surface area contributed by atoms with Gasteiger partial charge in [0.05, 0.1) is 11.4 Å². The third-order valence-electron chi connectivity index (χ3n) is 4.27. The lowest BCUT2D eigenvalue weighted by Crippen LogP contribution is -2.25. The van der Waals surface area contributed by atoms with Crippen molar-refractivity contribution in [3.05, 3.63) is 59.7 Å². The normalized spacial score (nSPS) is 14.0. The molecule has 3 rings (SSSR count). The minimum atomic E-state index is -0.0318. The number of hydrogen-bond acceptors (Lipinski definition) is 2. The molecule has 0 radical (unpaired) electrons. The lowest BCUT2D eigenvalue weighted by molar-refractivity contribution is -0.117. The summed E-state index contributed by atoms with van der Waals surface area (Å²) >= 11 is 0. The molecule has 24 heavy (non-hydrogen) atoms. The van der Waals surface area contributed by atoms with E-state index in [0.717, 1.165) is 24.2 Å². The van der Waals surface area contributed by atoms with Crippen molar-refractivity contribution in [3.63, 3.8) is 0 Å². The van der Waals surface area contributed by atoms with Crippen LogP contribution in [0.3, 0.4) is 0 Å². The second kappa shape index (κ2) is 7.30. The van der Waals surface area contributed by atoms with Gasteiger partial charge in [0.1, 0.15) is 0 Å². The van der Waals surface area contributed by atoms with Gasteiger partial charge in [-0.25, -0.2) is 0 Å². The Hall–Kier alpha value is -2.62. The summed E-state index contributed by atoms with van der Waals surface area (Å²) in [5.74, 6) is 0.0899. The fraction of sp³-hybridized carbons (Fsp3) is 0.300. The van der Waals surface area contributed by atoms with Gasteiger partial charge in [-0.05, 0) is 37.5 Å². The smallest absolute Gasteiger partial charge is 0.227 e. The van der Waals surface area contributed by atoms with Crippen LogP contribution in [0.4, 0.5) is 11.4 Å². The quantitative estimate of drug-likeness (QED) is 0.912. The molecule has 2 amide bonds. The standard InChI is InChI=1S/C20H22N2O2/c1-15-6-4-7-16(14-15)11-12-19(23)21-17-8-2-3-9-18(17)22-13-5-10-20(22)24/h2-4,6-9,14H,5,10-13H2,1H3,(H,21,23). The number of carbonyl (C=O) groups is 2. The Kier molecular flexibility index (Phi) is 4.94. The number of para-hydroxylation sites is 2. The van der Waals surface area contributed by atoms with Crippen LogP contribution >= 0.6 is 0 Å². The highest BCUT2D eigenvalue weighted by Crippen LogP contribution is 2.29. The second-order valence-electron chi connectivity index (χ2n) is 6.20. The number of benzene rings is 2. The largest absolute Gasteiger partial charge is 0.324 e. The van der Waals surface area contributed by atoms with Gasteiger partial charge in [0.25, 0.3) is 0 Å². The van der Waals surface area contributed by atoms with Gasteiger partial charge in [0, 0.05) is 19.4 Å². The Morgan fingerprint density at radius 1 is 1.17 bits per heavy atom. The Morgan fingerprint density at radius 2 is 2.00 bits per heavy atom. The predicted octanol–water partition coefficient (Wildman–Crippen LogP) is 3.69. The molecule has 1 aliphatic rings. The predicted molar refractivity (Wildman–Crippen MR) is 96.2 cm³/mol. The molecule has 0 saturated carbocycles. The molecule has 124 valence electrons. The number of rotatable bonds is 5. The van der Waals surface area contributed by atoms with Gasteiger partial charge < -0.3 is 10.2 Å². The summed E-state index contributed by atoms with van der Waals surface area (Å²) in [6.45, 7) is 2.77. The lowest BCUT2D eigenvalue weighted by Gasteiger charge is -2.20. The van der Waals surface area contributed by atoms with Gasteiger partial charge in [0.15, 0.2) is 0 Å². The van der Waals surface area contributed by atoms with Crippen LogP contribution in [-0.2, 0) is 16.0 Å². The second-order valence-corrected chi connectivity index (χ2v) is 6.20. The van der Waals surface area contributed by atoms with Gasteiger partial charge in [0.2, 0.25) is 11.8 Å². The van der Waals surface area contributed by atoms with E-state index in [9.17, 15) is 9.59 Å². The topological polar surface area (TPSA) is 49.4 Å². The zero-order chi connectivity index (χ0) is 16.9. The molecule has 0 unspecified atom stereocenters. The average Bonchev–Trinajstić information content (AvgIpc) is 2.99. The number of anilines is 2. The van der Waals surface area contributed by atoms with Gasteiger partial charge >= 0.3 is 0 Å². The van der Waals surface area contributed by atoms with Gasteiger partial charge in [-0.15, -0.1) is 0 Å².